The number of imidazole rings is 2. The molecule has 4 aromatic heterocycles. The Hall–Kier alpha value is -2.52. The van der Waals surface area contributed by atoms with E-state index in [0.29, 0.717) is 0 Å². The maximum absolute atomic E-state index is 12.7. The smallest absolute Gasteiger partial charge is 0.167 e. The summed E-state index contributed by atoms with van der Waals surface area (Å²) >= 11 is 9.68. The molecule has 23 nitrogen and oxygen atoms in total. The van der Waals surface area contributed by atoms with Crippen molar-refractivity contribution in [2.75, 3.05) is 37.9 Å². The summed E-state index contributed by atoms with van der Waals surface area (Å²) in [6.07, 6.45) is -7.32. The SMILES string of the molecule is Nc1ncnc2c1ncn2C1OC(COP([O-])(=S)OCC(O)COP([O-])(=S)OCC2OC(n3cnc4c(N)ncnc43)C(O)C2O)C(O)C1O. The summed E-state index contributed by atoms with van der Waals surface area (Å²) in [5.74, 6) is 0.191. The van der Waals surface area contributed by atoms with Gasteiger partial charge in [0, 0.05) is 0 Å². The van der Waals surface area contributed by atoms with E-state index >= 15 is 0 Å². The quantitative estimate of drug-likeness (QED) is 0.0595. The summed E-state index contributed by atoms with van der Waals surface area (Å²) in [5.41, 5.74) is 12.5. The molecule has 2 saturated heterocycles. The lowest BCUT2D eigenvalue weighted by Gasteiger charge is -2.32. The Morgan fingerprint density at radius 2 is 1.10 bits per heavy atom. The van der Waals surface area contributed by atoms with Crippen molar-refractivity contribution in [2.45, 2.75) is 55.2 Å². The second-order valence-electron chi connectivity index (χ2n) is 11.0. The van der Waals surface area contributed by atoms with Crippen molar-refractivity contribution in [3.63, 3.8) is 0 Å². The maximum atomic E-state index is 12.7. The molecule has 2 fully saturated rings. The zero-order valence-electron chi connectivity index (χ0n) is 25.3. The van der Waals surface area contributed by atoms with Gasteiger partial charge in [-0.3, -0.25) is 9.13 Å². The normalized spacial score (nSPS) is 30.1. The topological polar surface area (TPSA) is 342 Å². The number of ether oxygens (including phenoxy) is 2. The zero-order valence-corrected chi connectivity index (χ0v) is 28.7. The summed E-state index contributed by atoms with van der Waals surface area (Å²) in [6, 6.07) is 0. The minimum absolute atomic E-state index is 0.0956. The van der Waals surface area contributed by atoms with Crippen LogP contribution in [-0.2, 0) is 51.2 Å². The molecule has 0 aromatic carbocycles. The third-order valence-electron chi connectivity index (χ3n) is 7.64. The van der Waals surface area contributed by atoms with Gasteiger partial charge in [-0.15, -0.1) is 0 Å². The van der Waals surface area contributed by atoms with Gasteiger partial charge in [-0.2, -0.15) is 0 Å². The van der Waals surface area contributed by atoms with E-state index in [-0.39, 0.29) is 34.0 Å². The maximum Gasteiger partial charge on any atom is 0.167 e. The van der Waals surface area contributed by atoms with Gasteiger partial charge in [-0.1, -0.05) is 23.6 Å². The Morgan fingerprint density at radius 1 is 0.700 bits per heavy atom. The van der Waals surface area contributed by atoms with Gasteiger partial charge in [-0.05, 0) is 0 Å². The standard InChI is InChI=1S/C23H32N10O13P2S2/c24-18-12-20(28-5-26-18)32(7-30-12)22-16(37)14(35)10(45-22)3-43-47(39,49)41-1-9(34)2-42-48(40,50)44-4-11-15(36)17(38)23(46-11)33-8-31-13-19(25)27-6-29-21(13)33/h5-11,14-17,22-23,34-38H,1-4H2,(H,39,49)(H,40,50)(H2,24,26,28)(H2,25,27,29)/p-2. The van der Waals surface area contributed by atoms with Crippen LogP contribution < -0.4 is 21.3 Å². The van der Waals surface area contributed by atoms with Crippen LogP contribution in [0.2, 0.25) is 0 Å². The van der Waals surface area contributed by atoms with Gasteiger partial charge in [-0.25, -0.2) is 29.9 Å². The molecule has 0 radical (unpaired) electrons. The van der Waals surface area contributed by atoms with Gasteiger partial charge < -0.3 is 74.4 Å². The highest BCUT2D eigenvalue weighted by Crippen LogP contribution is 2.43. The summed E-state index contributed by atoms with van der Waals surface area (Å²) in [5, 5.41) is 52.4. The number of fused-ring (bicyclic) bond motifs is 2. The molecule has 10 atom stereocenters. The predicted molar refractivity (Wildman–Crippen MR) is 170 cm³/mol. The van der Waals surface area contributed by atoms with E-state index in [1.165, 1.54) is 34.4 Å². The molecule has 0 spiro atoms. The Labute approximate surface area is 290 Å². The van der Waals surface area contributed by atoms with Gasteiger partial charge in [0.25, 0.3) is 0 Å². The summed E-state index contributed by atoms with van der Waals surface area (Å²) in [7, 11) is 0. The first-order valence-corrected chi connectivity index (χ1v) is 19.5. The van der Waals surface area contributed by atoms with Gasteiger partial charge in [0.1, 0.15) is 79.9 Å². The van der Waals surface area contributed by atoms with E-state index in [0.717, 1.165) is 0 Å². The van der Waals surface area contributed by atoms with Gasteiger partial charge in [0.15, 0.2) is 35.4 Å². The molecule has 6 heterocycles. The Morgan fingerprint density at radius 3 is 1.50 bits per heavy atom. The van der Waals surface area contributed by atoms with Gasteiger partial charge in [0.05, 0.1) is 39.1 Å². The van der Waals surface area contributed by atoms with Crippen LogP contribution in [0.25, 0.3) is 22.3 Å². The lowest BCUT2D eigenvalue weighted by Crippen LogP contribution is -2.34. The third kappa shape index (κ3) is 7.79. The molecule has 2 aliphatic rings. The molecule has 50 heavy (non-hydrogen) atoms. The zero-order chi connectivity index (χ0) is 36.0. The molecule has 10 unspecified atom stereocenters. The van der Waals surface area contributed by atoms with Crippen molar-refractivity contribution in [1.82, 2.24) is 39.0 Å². The summed E-state index contributed by atoms with van der Waals surface area (Å²) < 4.78 is 34.3. The number of anilines is 2. The van der Waals surface area contributed by atoms with Crippen LogP contribution in [0, 0.1) is 0 Å². The largest absolute Gasteiger partial charge is 0.780 e. The van der Waals surface area contributed by atoms with Gasteiger partial charge >= 0.3 is 0 Å². The number of aromatic nitrogens is 8. The van der Waals surface area contributed by atoms with E-state index in [4.69, 9.17) is 62.6 Å². The number of nitrogens with zero attached hydrogens (tertiary/aromatic N) is 8. The van der Waals surface area contributed by atoms with Crippen molar-refractivity contribution in [3.8, 4) is 0 Å². The molecule has 2 aliphatic heterocycles. The van der Waals surface area contributed by atoms with Crippen molar-refractivity contribution >= 4 is 71.0 Å². The van der Waals surface area contributed by atoms with E-state index in [2.05, 4.69) is 29.9 Å². The fourth-order valence-corrected chi connectivity index (χ4v) is 7.36. The summed E-state index contributed by atoms with van der Waals surface area (Å²) in [4.78, 5) is 49.4. The van der Waals surface area contributed by atoms with Crippen molar-refractivity contribution < 1.29 is 62.9 Å². The molecule has 0 amide bonds. The fourth-order valence-electron chi connectivity index (χ4n) is 5.11. The molecule has 274 valence electrons. The molecule has 0 saturated carbocycles. The number of rotatable bonds is 14. The monoisotopic (exact) mass is 780 g/mol. The molecule has 0 bridgehead atoms. The third-order valence-corrected chi connectivity index (χ3v) is 10.8. The van der Waals surface area contributed by atoms with Crippen LogP contribution in [0.3, 0.4) is 0 Å². The highest BCUT2D eigenvalue weighted by molar-refractivity contribution is 8.06. The van der Waals surface area contributed by atoms with Crippen LogP contribution in [0.4, 0.5) is 11.6 Å². The number of nitrogens with two attached hydrogens (primary N) is 2. The highest BCUT2D eigenvalue weighted by Gasteiger charge is 2.46. The van der Waals surface area contributed by atoms with Gasteiger partial charge in [0.2, 0.25) is 0 Å². The first-order valence-electron chi connectivity index (χ1n) is 14.4. The first kappa shape index (κ1) is 37.2. The van der Waals surface area contributed by atoms with Crippen LogP contribution in [0.15, 0.2) is 25.3 Å². The molecule has 9 N–H and O–H groups in total. The lowest BCUT2D eigenvalue weighted by atomic mass is 10.1. The van der Waals surface area contributed by atoms with Crippen molar-refractivity contribution in [3.05, 3.63) is 25.3 Å². The average Bonchev–Trinajstić information content (AvgIpc) is 3.84. The molecule has 27 heteroatoms. The van der Waals surface area contributed by atoms with E-state index < -0.39 is 95.0 Å². The minimum Gasteiger partial charge on any atom is -0.780 e. The average molecular weight is 781 g/mol. The number of aliphatic hydroxyl groups is 5. The van der Waals surface area contributed by atoms with Crippen LogP contribution in [-0.4, -0.2) is 134 Å². The number of nitrogen functional groups attached to an aromatic ring is 2. The number of hydrogen-bond donors (Lipinski definition) is 7. The number of hydrogen-bond acceptors (Lipinski definition) is 23. The Balaban J connectivity index is 0.940. The summed E-state index contributed by atoms with van der Waals surface area (Å²) in [6.45, 7) is -11.2. The molecular weight excluding hydrogens is 750 g/mol. The van der Waals surface area contributed by atoms with Crippen molar-refractivity contribution in [2.24, 2.45) is 0 Å². The lowest BCUT2D eigenvalue weighted by molar-refractivity contribution is -0.215. The molecule has 4 aromatic rings. The molecule has 6 rings (SSSR count). The molecular formula is C23H30N10O13P2S2-2. The molecule has 0 aliphatic carbocycles. The fraction of sp³-hybridized carbons (Fsp3) is 0.565. The van der Waals surface area contributed by atoms with E-state index in [1.807, 2.05) is 0 Å². The van der Waals surface area contributed by atoms with Crippen molar-refractivity contribution in [1.29, 1.82) is 0 Å². The first-order chi connectivity index (χ1) is 23.7. The van der Waals surface area contributed by atoms with Crippen LogP contribution in [0.1, 0.15) is 12.5 Å². The second kappa shape index (κ2) is 14.8. The van der Waals surface area contributed by atoms with Crippen LogP contribution in [0.5, 0.6) is 0 Å². The van der Waals surface area contributed by atoms with Crippen LogP contribution >= 0.6 is 13.4 Å². The van der Waals surface area contributed by atoms with E-state index in [9.17, 15) is 35.3 Å². The second-order valence-corrected chi connectivity index (χ2v) is 16.5. The van der Waals surface area contributed by atoms with E-state index in [1.54, 1.807) is 0 Å². The predicted octanol–water partition coefficient (Wildman–Crippen LogP) is -4.33. The Kier molecular flexibility index (Phi) is 11.1. The Bertz CT molecular complexity index is 1790. The highest BCUT2D eigenvalue weighted by atomic mass is 32.5. The number of aliphatic hydroxyl groups excluding tert-OH is 5. The minimum atomic E-state index is -4.30.